The second-order valence-electron chi connectivity index (χ2n) is 28.3. The van der Waals surface area contributed by atoms with Crippen LogP contribution in [0.3, 0.4) is 0 Å². The zero-order valence-electron chi connectivity index (χ0n) is 62.3. The quantitative estimate of drug-likeness (QED) is 0.0169. The maximum Gasteiger partial charge on any atom is 0.472 e. The third-order valence-corrected chi connectivity index (χ3v) is 19.5. The van der Waals surface area contributed by atoms with Crippen molar-refractivity contribution in [1.82, 2.24) is 0 Å². The van der Waals surface area contributed by atoms with Gasteiger partial charge < -0.3 is 33.8 Å². The maximum absolute atomic E-state index is 13.1. The zero-order chi connectivity index (χ0) is 70.9. The molecule has 3 unspecified atom stereocenters. The van der Waals surface area contributed by atoms with Crippen molar-refractivity contribution < 1.29 is 80.2 Å². The molecule has 0 aliphatic rings. The van der Waals surface area contributed by atoms with Gasteiger partial charge in [0.1, 0.15) is 19.3 Å². The molecule has 0 fully saturated rings. The van der Waals surface area contributed by atoms with Crippen LogP contribution in [0.2, 0.25) is 0 Å². The van der Waals surface area contributed by atoms with E-state index in [4.69, 9.17) is 37.0 Å². The number of hydrogen-bond acceptors (Lipinski definition) is 15. The van der Waals surface area contributed by atoms with Crippen molar-refractivity contribution in [2.24, 2.45) is 17.8 Å². The Morgan fingerprint density at radius 3 is 0.927 bits per heavy atom. The van der Waals surface area contributed by atoms with Gasteiger partial charge in [-0.2, -0.15) is 0 Å². The van der Waals surface area contributed by atoms with Gasteiger partial charge in [0.15, 0.2) is 12.2 Å². The van der Waals surface area contributed by atoms with Crippen LogP contribution in [0.15, 0.2) is 24.3 Å². The molecule has 0 saturated heterocycles. The Bertz CT molecular complexity index is 1970. The Kier molecular flexibility index (Phi) is 65.3. The summed E-state index contributed by atoms with van der Waals surface area (Å²) < 4.78 is 68.5. The summed E-state index contributed by atoms with van der Waals surface area (Å²) in [7, 11) is -9.93. The fourth-order valence-corrected chi connectivity index (χ4v) is 12.8. The lowest BCUT2D eigenvalue weighted by atomic mass is 9.99. The number of hydrogen-bond donors (Lipinski definition) is 3. The van der Waals surface area contributed by atoms with E-state index in [2.05, 4.69) is 72.8 Å². The van der Waals surface area contributed by atoms with E-state index in [1.165, 1.54) is 161 Å². The molecule has 0 amide bonds. The number of carbonyl (C=O) groups is 4. The lowest BCUT2D eigenvalue weighted by Crippen LogP contribution is -2.30. The van der Waals surface area contributed by atoms with Crippen molar-refractivity contribution >= 4 is 39.5 Å². The number of aliphatic hydroxyl groups is 1. The van der Waals surface area contributed by atoms with E-state index in [9.17, 15) is 43.2 Å². The molecule has 3 N–H and O–H groups in total. The molecule has 0 radical (unpaired) electrons. The second kappa shape index (κ2) is 67.1. The number of allylic oxidation sites excluding steroid dienone is 4. The molecule has 19 heteroatoms. The highest BCUT2D eigenvalue weighted by Gasteiger charge is 2.30. The van der Waals surface area contributed by atoms with E-state index in [1.54, 1.807) is 0 Å². The fraction of sp³-hybridized carbons (Fsp3) is 0.896. The van der Waals surface area contributed by atoms with Gasteiger partial charge in [0, 0.05) is 25.7 Å². The standard InChI is InChI=1S/C77H146O17P2/c1-8-10-11-12-13-14-15-16-17-21-24-29-37-44-51-58-74(79)87-64-72(93-76(81)60-53-46-39-30-25-22-19-18-20-23-27-34-41-48-55-68(3)4)66-91-95(83,84)89-62-71(78)63-90-96(85,86)92-67-73(94-77(82)61-54-47-40-31-26-28-35-42-49-56-69(5)6)65-88-75(80)59-52-45-38-33-32-36-43-50-57-70(7)9-2/h14-17,68-73,78H,8-13,18-67H2,1-7H3,(H,83,84)(H,85,86)/b15-14-,17-16-/t70?,71-,72-,73-/m1/s1. The molecule has 0 rings (SSSR count). The molecule has 6 atom stereocenters. The van der Waals surface area contributed by atoms with Gasteiger partial charge in [-0.25, -0.2) is 9.13 Å². The van der Waals surface area contributed by atoms with E-state index in [1.807, 2.05) is 0 Å². The Labute approximate surface area is 586 Å². The topological polar surface area (TPSA) is 237 Å². The monoisotopic (exact) mass is 1410 g/mol. The Balaban J connectivity index is 5.30. The number of ether oxygens (including phenoxy) is 4. The summed E-state index contributed by atoms with van der Waals surface area (Å²) in [6.45, 7) is 11.8. The smallest absolute Gasteiger partial charge is 0.462 e. The molecule has 17 nitrogen and oxygen atoms in total. The zero-order valence-corrected chi connectivity index (χ0v) is 64.1. The first-order valence-corrected chi connectivity index (χ1v) is 42.2. The molecule has 0 saturated carbocycles. The summed E-state index contributed by atoms with van der Waals surface area (Å²) in [6.07, 6.45) is 56.2. The molecular formula is C77H146O17P2. The summed E-state index contributed by atoms with van der Waals surface area (Å²) in [4.78, 5) is 72.8. The number of phosphoric ester groups is 2. The summed E-state index contributed by atoms with van der Waals surface area (Å²) in [5.74, 6) is 0.156. The van der Waals surface area contributed by atoms with Gasteiger partial charge >= 0.3 is 39.5 Å². The average Bonchev–Trinajstić information content (AvgIpc) is 3.68. The van der Waals surface area contributed by atoms with Gasteiger partial charge in [-0.15, -0.1) is 0 Å². The van der Waals surface area contributed by atoms with Crippen molar-refractivity contribution in [2.45, 2.75) is 388 Å². The van der Waals surface area contributed by atoms with E-state index in [0.717, 1.165) is 127 Å². The number of carbonyl (C=O) groups excluding carboxylic acids is 4. The first-order valence-electron chi connectivity index (χ1n) is 39.2. The lowest BCUT2D eigenvalue weighted by molar-refractivity contribution is -0.161. The Morgan fingerprint density at radius 1 is 0.344 bits per heavy atom. The molecule has 0 aliphatic carbocycles. The van der Waals surface area contributed by atoms with Gasteiger partial charge in [0.05, 0.1) is 26.4 Å². The van der Waals surface area contributed by atoms with Crippen molar-refractivity contribution in [3.63, 3.8) is 0 Å². The van der Waals surface area contributed by atoms with Crippen molar-refractivity contribution in [1.29, 1.82) is 0 Å². The number of phosphoric acid groups is 2. The van der Waals surface area contributed by atoms with Gasteiger partial charge in [-0.1, -0.05) is 317 Å². The van der Waals surface area contributed by atoms with Gasteiger partial charge in [0.25, 0.3) is 0 Å². The normalized spacial score (nSPS) is 14.5. The van der Waals surface area contributed by atoms with Crippen LogP contribution in [0, 0.1) is 17.8 Å². The molecule has 0 heterocycles. The molecular weight excluding hydrogens is 1260 g/mol. The van der Waals surface area contributed by atoms with Crippen molar-refractivity contribution in [3.8, 4) is 0 Å². The number of aliphatic hydroxyl groups excluding tert-OH is 1. The highest BCUT2D eigenvalue weighted by molar-refractivity contribution is 7.47. The van der Waals surface area contributed by atoms with Gasteiger partial charge in [-0.3, -0.25) is 37.3 Å². The third-order valence-electron chi connectivity index (χ3n) is 17.6. The van der Waals surface area contributed by atoms with E-state index in [0.29, 0.717) is 25.7 Å². The van der Waals surface area contributed by atoms with Crippen LogP contribution in [0.5, 0.6) is 0 Å². The van der Waals surface area contributed by atoms with E-state index in [-0.39, 0.29) is 25.7 Å². The predicted octanol–water partition coefficient (Wildman–Crippen LogP) is 22.1. The van der Waals surface area contributed by atoms with Crippen LogP contribution in [-0.4, -0.2) is 96.7 Å². The fourth-order valence-electron chi connectivity index (χ4n) is 11.2. The third kappa shape index (κ3) is 68.7. The highest BCUT2D eigenvalue weighted by atomic mass is 31.2. The number of esters is 4. The summed E-state index contributed by atoms with van der Waals surface area (Å²) >= 11 is 0. The summed E-state index contributed by atoms with van der Waals surface area (Å²) in [5, 5.41) is 10.6. The molecule has 0 aromatic heterocycles. The van der Waals surface area contributed by atoms with Crippen LogP contribution < -0.4 is 0 Å². The average molecular weight is 1410 g/mol. The largest absolute Gasteiger partial charge is 0.472 e. The Morgan fingerprint density at radius 2 is 0.615 bits per heavy atom. The van der Waals surface area contributed by atoms with E-state index >= 15 is 0 Å². The minimum atomic E-state index is -4.97. The van der Waals surface area contributed by atoms with Crippen LogP contribution in [-0.2, 0) is 65.4 Å². The summed E-state index contributed by atoms with van der Waals surface area (Å²) in [6, 6.07) is 0. The lowest BCUT2D eigenvalue weighted by Gasteiger charge is -2.21. The first kappa shape index (κ1) is 93.5. The molecule has 96 heavy (non-hydrogen) atoms. The highest BCUT2D eigenvalue weighted by Crippen LogP contribution is 2.45. The minimum absolute atomic E-state index is 0.100. The van der Waals surface area contributed by atoms with Crippen molar-refractivity contribution in [2.75, 3.05) is 39.6 Å². The van der Waals surface area contributed by atoms with Crippen LogP contribution in [0.25, 0.3) is 0 Å². The molecule has 566 valence electrons. The molecule has 0 bridgehead atoms. The number of unbranched alkanes of at least 4 members (excludes halogenated alkanes) is 37. The maximum atomic E-state index is 13.1. The molecule has 0 aliphatic heterocycles. The van der Waals surface area contributed by atoms with Crippen molar-refractivity contribution in [3.05, 3.63) is 24.3 Å². The molecule has 0 aromatic rings. The predicted molar refractivity (Wildman–Crippen MR) is 390 cm³/mol. The van der Waals surface area contributed by atoms with Gasteiger partial charge in [0.2, 0.25) is 0 Å². The van der Waals surface area contributed by atoms with Gasteiger partial charge in [-0.05, 0) is 69.1 Å². The Hall–Kier alpha value is -2.46. The minimum Gasteiger partial charge on any atom is -0.462 e. The number of rotatable bonds is 73. The van der Waals surface area contributed by atoms with Crippen LogP contribution >= 0.6 is 15.6 Å². The molecule has 0 aromatic carbocycles. The van der Waals surface area contributed by atoms with Crippen LogP contribution in [0.4, 0.5) is 0 Å². The first-order chi connectivity index (χ1) is 46.3. The van der Waals surface area contributed by atoms with Crippen LogP contribution in [0.1, 0.15) is 370 Å². The molecule has 0 spiro atoms. The van der Waals surface area contributed by atoms with E-state index < -0.39 is 97.5 Å². The second-order valence-corrected chi connectivity index (χ2v) is 31.2. The summed E-state index contributed by atoms with van der Waals surface area (Å²) in [5.41, 5.74) is 0. The SMILES string of the molecule is CCCCCC/C=C\C=C/CCCCCCCC(=O)OC[C@H](COP(=O)(O)OC[C@@H](O)COP(=O)(O)OC[C@@H](COC(=O)CCCCCCCCCCC(C)CC)OC(=O)CCCCCCCCCCCC(C)C)OC(=O)CCCCCCCCCCCCCCCCC(C)C.